The summed E-state index contributed by atoms with van der Waals surface area (Å²) in [5, 5.41) is 1.60. The first kappa shape index (κ1) is 8.73. The highest BCUT2D eigenvalue weighted by Crippen LogP contribution is 2.29. The molecule has 0 fully saturated rings. The van der Waals surface area contributed by atoms with Crippen LogP contribution < -0.4 is 0 Å². The second kappa shape index (κ2) is 3.48. The lowest BCUT2D eigenvalue weighted by Gasteiger charge is -1.92. The van der Waals surface area contributed by atoms with E-state index in [9.17, 15) is 0 Å². The van der Waals surface area contributed by atoms with Gasteiger partial charge < -0.3 is 0 Å². The van der Waals surface area contributed by atoms with Crippen molar-refractivity contribution in [3.05, 3.63) is 40.4 Å². The molecule has 0 spiro atoms. The topological polar surface area (TPSA) is 12.9 Å². The van der Waals surface area contributed by atoms with Gasteiger partial charge in [0, 0.05) is 10.4 Å². The van der Waals surface area contributed by atoms with Crippen LogP contribution in [0.15, 0.2) is 30.3 Å². The lowest BCUT2D eigenvalue weighted by Crippen LogP contribution is -1.72. The van der Waals surface area contributed by atoms with Gasteiger partial charge in [0.25, 0.3) is 0 Å². The molecule has 0 radical (unpaired) electrons. The molecule has 0 aliphatic heterocycles. The summed E-state index contributed by atoms with van der Waals surface area (Å²) in [4.78, 5) is 5.33. The highest BCUT2D eigenvalue weighted by Gasteiger charge is 2.05. The normalized spacial score (nSPS) is 10.3. The van der Waals surface area contributed by atoms with E-state index in [1.807, 2.05) is 37.3 Å². The molecule has 0 unspecified atom stereocenters. The molecule has 0 amide bonds. The largest absolute Gasteiger partial charge is 0.224 e. The molecule has 1 heterocycles. The van der Waals surface area contributed by atoms with Crippen LogP contribution in [0, 0.1) is 6.92 Å². The Morgan fingerprint density at radius 2 is 1.92 bits per heavy atom. The molecule has 3 heteroatoms. The third-order valence-electron chi connectivity index (χ3n) is 1.76. The van der Waals surface area contributed by atoms with Gasteiger partial charge in [0.1, 0.15) is 10.2 Å². The lowest BCUT2D eigenvalue weighted by molar-refractivity contribution is 1.38. The minimum Gasteiger partial charge on any atom is -0.224 e. The smallest absolute Gasteiger partial charge is 0.143 e. The van der Waals surface area contributed by atoms with Crippen molar-refractivity contribution >= 4 is 22.9 Å². The summed E-state index contributed by atoms with van der Waals surface area (Å²) in [5.74, 6) is 0. The first-order valence-corrected chi connectivity index (χ1v) is 5.15. The number of nitrogens with zero attached hydrogens (tertiary/aromatic N) is 1. The molecule has 2 rings (SSSR count). The molecule has 0 N–H and O–H groups in total. The van der Waals surface area contributed by atoms with Crippen LogP contribution in [0.2, 0.25) is 5.15 Å². The lowest BCUT2D eigenvalue weighted by atomic mass is 10.2. The highest BCUT2D eigenvalue weighted by atomic mass is 35.5. The molecule has 1 nitrogen and oxygen atoms in total. The van der Waals surface area contributed by atoms with Crippen molar-refractivity contribution in [1.29, 1.82) is 0 Å². The first-order chi connectivity index (χ1) is 6.27. The molecule has 0 aliphatic rings. The Bertz CT molecular complexity index is 389. The Balaban J connectivity index is 2.48. The quantitative estimate of drug-likeness (QED) is 0.697. The van der Waals surface area contributed by atoms with Crippen LogP contribution in [-0.2, 0) is 0 Å². The summed E-state index contributed by atoms with van der Waals surface area (Å²) in [5.41, 5.74) is 1.13. The van der Waals surface area contributed by atoms with Gasteiger partial charge in [-0.05, 0) is 6.92 Å². The van der Waals surface area contributed by atoms with Crippen LogP contribution in [0.5, 0.6) is 0 Å². The van der Waals surface area contributed by atoms with Crippen molar-refractivity contribution in [2.24, 2.45) is 0 Å². The summed E-state index contributed by atoms with van der Waals surface area (Å²) < 4.78 is 0. The van der Waals surface area contributed by atoms with E-state index in [-0.39, 0.29) is 0 Å². The standard InChI is InChI=1S/C10H8ClNS/c1-7-9(11)12-10(13-7)8-5-3-2-4-6-8/h2-6H,1H3. The van der Waals surface area contributed by atoms with Gasteiger partial charge in [0.15, 0.2) is 0 Å². The van der Waals surface area contributed by atoms with Crippen molar-refractivity contribution in [2.45, 2.75) is 6.92 Å². The second-order valence-corrected chi connectivity index (χ2v) is 4.29. The van der Waals surface area contributed by atoms with Gasteiger partial charge in [-0.1, -0.05) is 41.9 Å². The second-order valence-electron chi connectivity index (χ2n) is 2.73. The maximum absolute atomic E-state index is 5.88. The maximum atomic E-state index is 5.88. The van der Waals surface area contributed by atoms with Crippen LogP contribution in [0.1, 0.15) is 4.88 Å². The molecule has 0 aliphatic carbocycles. The maximum Gasteiger partial charge on any atom is 0.143 e. The fourth-order valence-corrected chi connectivity index (χ4v) is 2.14. The molecule has 0 bridgehead atoms. The molecule has 66 valence electrons. The van der Waals surface area contributed by atoms with Gasteiger partial charge in [-0.3, -0.25) is 0 Å². The molecule has 0 saturated heterocycles. The van der Waals surface area contributed by atoms with Gasteiger partial charge in [-0.2, -0.15) is 0 Å². The van der Waals surface area contributed by atoms with E-state index < -0.39 is 0 Å². The first-order valence-electron chi connectivity index (χ1n) is 3.96. The van der Waals surface area contributed by atoms with Gasteiger partial charge in [-0.25, -0.2) is 4.98 Å². The molecular weight excluding hydrogens is 202 g/mol. The van der Waals surface area contributed by atoms with Crippen LogP contribution in [-0.4, -0.2) is 4.98 Å². The van der Waals surface area contributed by atoms with Crippen LogP contribution in [0.4, 0.5) is 0 Å². The zero-order chi connectivity index (χ0) is 9.26. The molecule has 1 aromatic carbocycles. The van der Waals surface area contributed by atoms with Gasteiger partial charge >= 0.3 is 0 Å². The monoisotopic (exact) mass is 209 g/mol. The van der Waals surface area contributed by atoms with Crippen molar-refractivity contribution in [1.82, 2.24) is 4.98 Å². The Morgan fingerprint density at radius 1 is 1.23 bits per heavy atom. The molecule has 0 atom stereocenters. The zero-order valence-corrected chi connectivity index (χ0v) is 8.69. The molecule has 2 aromatic rings. The Hall–Kier alpha value is -0.860. The van der Waals surface area contributed by atoms with Crippen LogP contribution in [0.25, 0.3) is 10.6 Å². The molecule has 13 heavy (non-hydrogen) atoms. The van der Waals surface area contributed by atoms with Gasteiger partial charge in [0.05, 0.1) is 0 Å². The number of benzene rings is 1. The SMILES string of the molecule is Cc1sc(-c2ccccc2)nc1Cl. The summed E-state index contributed by atoms with van der Waals surface area (Å²) >= 11 is 7.50. The van der Waals surface area contributed by atoms with E-state index in [2.05, 4.69) is 4.98 Å². The van der Waals surface area contributed by atoms with Crippen molar-refractivity contribution in [3.63, 3.8) is 0 Å². The van der Waals surface area contributed by atoms with Crippen LogP contribution >= 0.6 is 22.9 Å². The third-order valence-corrected chi connectivity index (χ3v) is 3.26. The Morgan fingerprint density at radius 3 is 2.46 bits per heavy atom. The number of halogens is 1. The van der Waals surface area contributed by atoms with E-state index >= 15 is 0 Å². The number of rotatable bonds is 1. The van der Waals surface area contributed by atoms with E-state index in [1.54, 1.807) is 11.3 Å². The van der Waals surface area contributed by atoms with Gasteiger partial charge in [0.2, 0.25) is 0 Å². The molecule has 1 aromatic heterocycles. The average Bonchev–Trinajstić information content (AvgIpc) is 2.49. The number of aryl methyl sites for hydroxylation is 1. The predicted molar refractivity (Wildman–Crippen MR) is 57.3 cm³/mol. The summed E-state index contributed by atoms with van der Waals surface area (Å²) in [6, 6.07) is 10.1. The minimum atomic E-state index is 0.615. The summed E-state index contributed by atoms with van der Waals surface area (Å²) in [6.45, 7) is 1.98. The van der Waals surface area contributed by atoms with Crippen LogP contribution in [0.3, 0.4) is 0 Å². The van der Waals surface area contributed by atoms with Gasteiger partial charge in [-0.15, -0.1) is 11.3 Å². The van der Waals surface area contributed by atoms with Crippen molar-refractivity contribution in [2.75, 3.05) is 0 Å². The number of hydrogen-bond donors (Lipinski definition) is 0. The van der Waals surface area contributed by atoms with E-state index in [0.29, 0.717) is 5.15 Å². The molecular formula is C10H8ClNS. The fourth-order valence-electron chi connectivity index (χ4n) is 1.08. The predicted octanol–water partition coefficient (Wildman–Crippen LogP) is 3.77. The van der Waals surface area contributed by atoms with Crippen molar-refractivity contribution in [3.8, 4) is 10.6 Å². The third kappa shape index (κ3) is 1.74. The number of aromatic nitrogens is 1. The average molecular weight is 210 g/mol. The minimum absolute atomic E-state index is 0.615. The van der Waals surface area contributed by atoms with Crippen molar-refractivity contribution < 1.29 is 0 Å². The summed E-state index contributed by atoms with van der Waals surface area (Å²) in [7, 11) is 0. The Kier molecular flexibility index (Phi) is 2.34. The number of thiazole rings is 1. The highest BCUT2D eigenvalue weighted by molar-refractivity contribution is 7.15. The zero-order valence-electron chi connectivity index (χ0n) is 7.12. The number of hydrogen-bond acceptors (Lipinski definition) is 2. The van der Waals surface area contributed by atoms with E-state index in [1.165, 1.54) is 0 Å². The fraction of sp³-hybridized carbons (Fsp3) is 0.100. The summed E-state index contributed by atoms with van der Waals surface area (Å²) in [6.07, 6.45) is 0. The van der Waals surface area contributed by atoms with E-state index in [0.717, 1.165) is 15.4 Å². The Labute approximate surface area is 86.0 Å². The van der Waals surface area contributed by atoms with E-state index in [4.69, 9.17) is 11.6 Å². The molecule has 0 saturated carbocycles.